The molecule has 11 heavy (non-hydrogen) atoms. The Hall–Kier alpha value is -0.150. The number of halogens is 1. The zero-order chi connectivity index (χ0) is 8.43. The third kappa shape index (κ3) is 1.91. The third-order valence-corrected chi connectivity index (χ3v) is 2.33. The molecule has 0 bridgehead atoms. The molecule has 1 rings (SSSR count). The van der Waals surface area contributed by atoms with Crippen LogP contribution < -0.4 is 5.73 Å². The van der Waals surface area contributed by atoms with E-state index in [0.29, 0.717) is 6.04 Å². The highest BCUT2D eigenvalue weighted by Gasteiger charge is 2.31. The van der Waals surface area contributed by atoms with Gasteiger partial charge in [0.1, 0.15) is 6.67 Å². The Balaban J connectivity index is 2.50. The van der Waals surface area contributed by atoms with Gasteiger partial charge in [0, 0.05) is 24.7 Å². The highest BCUT2D eigenvalue weighted by Crippen LogP contribution is 2.19. The summed E-state index contributed by atoms with van der Waals surface area (Å²) in [4.78, 5) is 2.14. The van der Waals surface area contributed by atoms with E-state index in [4.69, 9.17) is 5.73 Å². The van der Waals surface area contributed by atoms with Crippen molar-refractivity contribution in [2.45, 2.75) is 38.4 Å². The molecular formula is C8H17FN2. The maximum Gasteiger partial charge on any atom is 0.105 e. The van der Waals surface area contributed by atoms with Gasteiger partial charge in [0.15, 0.2) is 0 Å². The molecule has 0 spiro atoms. The van der Waals surface area contributed by atoms with E-state index < -0.39 is 0 Å². The second-order valence-corrected chi connectivity index (χ2v) is 3.59. The Morgan fingerprint density at radius 1 is 1.64 bits per heavy atom. The fourth-order valence-electron chi connectivity index (χ4n) is 1.76. The fourth-order valence-corrected chi connectivity index (χ4v) is 1.76. The normalized spacial score (nSPS) is 33.5. The Morgan fingerprint density at radius 3 is 2.64 bits per heavy atom. The molecule has 66 valence electrons. The number of nitrogens with two attached hydrogens (primary N) is 1. The smallest absolute Gasteiger partial charge is 0.105 e. The van der Waals surface area contributed by atoms with Crippen LogP contribution in [0, 0.1) is 0 Å². The maximum absolute atomic E-state index is 12.4. The van der Waals surface area contributed by atoms with Crippen LogP contribution in [0.3, 0.4) is 0 Å². The molecule has 0 aromatic heterocycles. The van der Waals surface area contributed by atoms with Crippen molar-refractivity contribution in [3.05, 3.63) is 0 Å². The molecule has 0 aromatic rings. The molecule has 0 aliphatic carbocycles. The molecule has 0 radical (unpaired) electrons. The molecule has 1 fully saturated rings. The molecule has 1 aliphatic heterocycles. The van der Waals surface area contributed by atoms with E-state index in [9.17, 15) is 4.39 Å². The molecule has 1 heterocycles. The summed E-state index contributed by atoms with van der Waals surface area (Å²) in [6, 6.07) is 0.674. The third-order valence-electron chi connectivity index (χ3n) is 2.33. The van der Waals surface area contributed by atoms with Gasteiger partial charge < -0.3 is 5.73 Å². The summed E-state index contributed by atoms with van der Waals surface area (Å²) >= 11 is 0. The Kier molecular flexibility index (Phi) is 2.84. The number of rotatable bonds is 2. The van der Waals surface area contributed by atoms with Crippen LogP contribution >= 0.6 is 0 Å². The molecule has 1 saturated heterocycles. The average molecular weight is 160 g/mol. The van der Waals surface area contributed by atoms with Crippen molar-refractivity contribution >= 4 is 0 Å². The van der Waals surface area contributed by atoms with Crippen LogP contribution in [0.15, 0.2) is 0 Å². The number of alkyl halides is 1. The second kappa shape index (κ2) is 3.50. The van der Waals surface area contributed by atoms with Crippen molar-refractivity contribution in [3.8, 4) is 0 Å². The first-order valence-electron chi connectivity index (χ1n) is 4.22. The number of hydrogen-bond acceptors (Lipinski definition) is 2. The minimum atomic E-state index is -0.258. The van der Waals surface area contributed by atoms with Crippen LogP contribution in [0.1, 0.15) is 20.3 Å². The standard InChI is InChI=1S/C8H17FN2/c1-6(2)11-5-7(10)3-8(11)4-9/h6-8H,3-5,10H2,1-2H3/t7-,8?/m1/s1. The fraction of sp³-hybridized carbons (Fsp3) is 1.00. The van der Waals surface area contributed by atoms with Crippen LogP contribution in [0.4, 0.5) is 4.39 Å². The molecular weight excluding hydrogens is 143 g/mol. The van der Waals surface area contributed by atoms with E-state index in [1.165, 1.54) is 0 Å². The zero-order valence-corrected chi connectivity index (χ0v) is 7.26. The van der Waals surface area contributed by atoms with Crippen molar-refractivity contribution in [2.24, 2.45) is 5.73 Å². The molecule has 0 amide bonds. The van der Waals surface area contributed by atoms with Gasteiger partial charge in [-0.3, -0.25) is 4.90 Å². The second-order valence-electron chi connectivity index (χ2n) is 3.59. The Morgan fingerprint density at radius 2 is 2.27 bits per heavy atom. The van der Waals surface area contributed by atoms with E-state index in [0.717, 1.165) is 13.0 Å². The number of likely N-dealkylation sites (tertiary alicyclic amines) is 1. The van der Waals surface area contributed by atoms with Crippen molar-refractivity contribution < 1.29 is 4.39 Å². The Bertz CT molecular complexity index is 127. The van der Waals surface area contributed by atoms with E-state index in [2.05, 4.69) is 18.7 Å². The molecule has 1 aliphatic rings. The summed E-state index contributed by atoms with van der Waals surface area (Å²) in [5, 5.41) is 0. The van der Waals surface area contributed by atoms with E-state index in [1.54, 1.807) is 0 Å². The lowest BCUT2D eigenvalue weighted by molar-refractivity contribution is 0.174. The molecule has 1 unspecified atom stereocenters. The largest absolute Gasteiger partial charge is 0.326 e. The quantitative estimate of drug-likeness (QED) is 0.646. The minimum absolute atomic E-state index is 0.0741. The van der Waals surface area contributed by atoms with Gasteiger partial charge in [0.2, 0.25) is 0 Å². The summed E-state index contributed by atoms with van der Waals surface area (Å²) in [5.74, 6) is 0. The van der Waals surface area contributed by atoms with E-state index in [-0.39, 0.29) is 18.8 Å². The van der Waals surface area contributed by atoms with Gasteiger partial charge in [-0.25, -0.2) is 4.39 Å². The Labute approximate surface area is 67.6 Å². The summed E-state index contributed by atoms with van der Waals surface area (Å²) in [6.07, 6.45) is 0.814. The SMILES string of the molecule is CC(C)N1C[C@H](N)CC1CF. The highest BCUT2D eigenvalue weighted by atomic mass is 19.1. The lowest BCUT2D eigenvalue weighted by Crippen LogP contribution is -2.37. The zero-order valence-electron chi connectivity index (χ0n) is 7.26. The molecule has 0 aromatic carbocycles. The summed E-state index contributed by atoms with van der Waals surface area (Å²) in [6.45, 7) is 4.76. The van der Waals surface area contributed by atoms with Gasteiger partial charge >= 0.3 is 0 Å². The van der Waals surface area contributed by atoms with Crippen LogP contribution in [0.25, 0.3) is 0 Å². The first-order valence-corrected chi connectivity index (χ1v) is 4.22. The van der Waals surface area contributed by atoms with E-state index >= 15 is 0 Å². The van der Waals surface area contributed by atoms with Gasteiger partial charge in [0.25, 0.3) is 0 Å². The predicted octanol–water partition coefficient (Wildman–Crippen LogP) is 0.766. The van der Waals surface area contributed by atoms with Crippen LogP contribution in [-0.2, 0) is 0 Å². The first-order chi connectivity index (χ1) is 5.15. The first kappa shape index (κ1) is 8.94. The summed E-state index contributed by atoms with van der Waals surface area (Å²) in [5.41, 5.74) is 5.72. The lowest BCUT2D eigenvalue weighted by atomic mass is 10.2. The van der Waals surface area contributed by atoms with Crippen LogP contribution in [0.2, 0.25) is 0 Å². The summed E-state index contributed by atoms with van der Waals surface area (Å²) < 4.78 is 12.4. The van der Waals surface area contributed by atoms with Crippen molar-refractivity contribution in [3.63, 3.8) is 0 Å². The molecule has 2 nitrogen and oxygen atoms in total. The van der Waals surface area contributed by atoms with Crippen molar-refractivity contribution in [1.82, 2.24) is 4.90 Å². The van der Waals surface area contributed by atoms with Gasteiger partial charge in [0.05, 0.1) is 0 Å². The predicted molar refractivity (Wildman–Crippen MR) is 44.2 cm³/mol. The summed E-state index contributed by atoms with van der Waals surface area (Å²) in [7, 11) is 0. The molecule has 2 N–H and O–H groups in total. The molecule has 2 atom stereocenters. The monoisotopic (exact) mass is 160 g/mol. The molecule has 0 saturated carbocycles. The minimum Gasteiger partial charge on any atom is -0.326 e. The van der Waals surface area contributed by atoms with Crippen LogP contribution in [0.5, 0.6) is 0 Å². The number of hydrogen-bond donors (Lipinski definition) is 1. The highest BCUT2D eigenvalue weighted by molar-refractivity contribution is 4.88. The lowest BCUT2D eigenvalue weighted by Gasteiger charge is -2.25. The van der Waals surface area contributed by atoms with Gasteiger partial charge in [-0.15, -0.1) is 0 Å². The maximum atomic E-state index is 12.4. The van der Waals surface area contributed by atoms with Crippen molar-refractivity contribution in [2.75, 3.05) is 13.2 Å². The van der Waals surface area contributed by atoms with Gasteiger partial charge in [-0.2, -0.15) is 0 Å². The van der Waals surface area contributed by atoms with Gasteiger partial charge in [-0.1, -0.05) is 0 Å². The van der Waals surface area contributed by atoms with Gasteiger partial charge in [-0.05, 0) is 20.3 Å². The van der Waals surface area contributed by atoms with Crippen molar-refractivity contribution in [1.29, 1.82) is 0 Å². The number of nitrogens with zero attached hydrogens (tertiary/aromatic N) is 1. The average Bonchev–Trinajstić information content (AvgIpc) is 2.30. The van der Waals surface area contributed by atoms with Crippen LogP contribution in [-0.4, -0.2) is 36.2 Å². The van der Waals surface area contributed by atoms with E-state index in [1.807, 2.05) is 0 Å². The molecule has 3 heteroatoms. The topological polar surface area (TPSA) is 29.3 Å².